The van der Waals surface area contributed by atoms with E-state index in [1.165, 1.54) is 0 Å². The van der Waals surface area contributed by atoms with Crippen molar-refractivity contribution in [2.45, 2.75) is 53.2 Å². The van der Waals surface area contributed by atoms with Crippen LogP contribution in [0.5, 0.6) is 5.75 Å². The first-order valence-electron chi connectivity index (χ1n) is 7.89. The molecule has 2 aromatic rings. The lowest BCUT2D eigenvalue weighted by molar-refractivity contribution is 0.0687. The highest BCUT2D eigenvalue weighted by Gasteiger charge is 2.19. The van der Waals surface area contributed by atoms with Crippen molar-refractivity contribution in [3.05, 3.63) is 40.7 Å². The van der Waals surface area contributed by atoms with Crippen molar-refractivity contribution in [2.24, 2.45) is 0 Å². The van der Waals surface area contributed by atoms with Crippen LogP contribution in [0.3, 0.4) is 0 Å². The molecule has 0 aliphatic heterocycles. The molecule has 124 valence electrons. The number of nitrogens with zero attached hydrogens (tertiary/aromatic N) is 3. The summed E-state index contributed by atoms with van der Waals surface area (Å²) in [5, 5.41) is 17.0. The van der Waals surface area contributed by atoms with Gasteiger partial charge in [-0.3, -0.25) is 0 Å². The van der Waals surface area contributed by atoms with Gasteiger partial charge < -0.3 is 9.84 Å². The van der Waals surface area contributed by atoms with Gasteiger partial charge in [0.2, 0.25) is 0 Å². The number of aromatic carboxylic acids is 1. The molecule has 1 aromatic carbocycles. The van der Waals surface area contributed by atoms with Gasteiger partial charge >= 0.3 is 5.97 Å². The minimum absolute atomic E-state index is 0.0354. The molecule has 0 bridgehead atoms. The molecule has 6 nitrogen and oxygen atoms in total. The summed E-state index contributed by atoms with van der Waals surface area (Å²) >= 11 is 0. The second kappa shape index (κ2) is 7.76. The number of benzene rings is 1. The second-order valence-corrected chi connectivity index (χ2v) is 5.61. The van der Waals surface area contributed by atoms with Gasteiger partial charge in [0.1, 0.15) is 18.1 Å². The van der Waals surface area contributed by atoms with Crippen LogP contribution in [0.4, 0.5) is 0 Å². The Balaban J connectivity index is 2.18. The van der Waals surface area contributed by atoms with E-state index in [4.69, 9.17) is 4.74 Å². The monoisotopic (exact) mass is 317 g/mol. The Morgan fingerprint density at radius 1 is 1.30 bits per heavy atom. The van der Waals surface area contributed by atoms with Crippen molar-refractivity contribution in [1.29, 1.82) is 0 Å². The first kappa shape index (κ1) is 17.0. The summed E-state index contributed by atoms with van der Waals surface area (Å²) in [6, 6.07) is 5.82. The molecule has 6 heteroatoms. The van der Waals surface area contributed by atoms with Crippen LogP contribution in [0.15, 0.2) is 18.2 Å². The Kier molecular flexibility index (Phi) is 5.73. The molecule has 0 spiro atoms. The molecule has 0 atom stereocenters. The van der Waals surface area contributed by atoms with Crippen molar-refractivity contribution in [3.8, 4) is 5.75 Å². The zero-order valence-electron chi connectivity index (χ0n) is 13.9. The summed E-state index contributed by atoms with van der Waals surface area (Å²) in [5.74, 6) is -0.325. The fraction of sp³-hybridized carbons (Fsp3) is 0.471. The number of hydrogen-bond donors (Lipinski definition) is 1. The van der Waals surface area contributed by atoms with Crippen molar-refractivity contribution in [3.63, 3.8) is 0 Å². The van der Waals surface area contributed by atoms with E-state index in [0.717, 1.165) is 36.1 Å². The average Bonchev–Trinajstić information content (AvgIpc) is 2.92. The highest BCUT2D eigenvalue weighted by atomic mass is 16.5. The Bertz CT molecular complexity index is 680. The fourth-order valence-corrected chi connectivity index (χ4v) is 2.36. The average molecular weight is 317 g/mol. The molecule has 0 aliphatic rings. The lowest BCUT2D eigenvalue weighted by Gasteiger charge is -2.12. The highest BCUT2D eigenvalue weighted by Crippen LogP contribution is 2.22. The Hall–Kier alpha value is -2.37. The van der Waals surface area contributed by atoms with Crippen LogP contribution in [0.2, 0.25) is 0 Å². The molecule has 0 aliphatic carbocycles. The lowest BCUT2D eigenvalue weighted by atomic mass is 10.1. The van der Waals surface area contributed by atoms with Crippen LogP contribution >= 0.6 is 0 Å². The number of ether oxygens (including phenoxy) is 1. The highest BCUT2D eigenvalue weighted by molar-refractivity contribution is 5.86. The van der Waals surface area contributed by atoms with E-state index in [-0.39, 0.29) is 12.3 Å². The molecule has 0 saturated carbocycles. The third-order valence-electron chi connectivity index (χ3n) is 3.93. The predicted octanol–water partition coefficient (Wildman–Crippen LogP) is 3.36. The molecule has 2 rings (SSSR count). The van der Waals surface area contributed by atoms with Gasteiger partial charge in [0.25, 0.3) is 0 Å². The maximum atomic E-state index is 11.3. The summed E-state index contributed by atoms with van der Waals surface area (Å²) in [6.45, 7) is 6.92. The van der Waals surface area contributed by atoms with E-state index in [1.54, 1.807) is 4.68 Å². The topological polar surface area (TPSA) is 77.2 Å². The van der Waals surface area contributed by atoms with E-state index in [0.29, 0.717) is 12.2 Å². The lowest BCUT2D eigenvalue weighted by Crippen LogP contribution is -2.12. The third-order valence-corrected chi connectivity index (χ3v) is 3.93. The zero-order chi connectivity index (χ0) is 16.8. The SMILES string of the molecule is CCCCCn1nnc(C(=O)O)c1COc1cccc(C)c1C. The summed E-state index contributed by atoms with van der Waals surface area (Å²) in [6.07, 6.45) is 3.10. The fourth-order valence-electron chi connectivity index (χ4n) is 2.36. The largest absolute Gasteiger partial charge is 0.487 e. The van der Waals surface area contributed by atoms with E-state index in [9.17, 15) is 9.90 Å². The molecular weight excluding hydrogens is 294 g/mol. The van der Waals surface area contributed by atoms with Crippen LogP contribution in [-0.4, -0.2) is 26.1 Å². The Morgan fingerprint density at radius 2 is 2.09 bits per heavy atom. The van der Waals surface area contributed by atoms with Crippen LogP contribution in [0.1, 0.15) is 53.5 Å². The summed E-state index contributed by atoms with van der Waals surface area (Å²) in [5.41, 5.74) is 2.66. The van der Waals surface area contributed by atoms with E-state index in [1.807, 2.05) is 32.0 Å². The van der Waals surface area contributed by atoms with E-state index in [2.05, 4.69) is 17.2 Å². The molecular formula is C17H23N3O3. The minimum atomic E-state index is -1.08. The number of unbranched alkanes of at least 4 members (excludes halogenated alkanes) is 2. The van der Waals surface area contributed by atoms with Gasteiger partial charge in [0, 0.05) is 6.54 Å². The van der Waals surface area contributed by atoms with Crippen molar-refractivity contribution >= 4 is 5.97 Å². The van der Waals surface area contributed by atoms with Crippen LogP contribution in [0.25, 0.3) is 0 Å². The first-order valence-corrected chi connectivity index (χ1v) is 7.89. The number of carboxylic acid groups (broad SMARTS) is 1. The number of carboxylic acids is 1. The molecule has 0 unspecified atom stereocenters. The van der Waals surface area contributed by atoms with Crippen LogP contribution < -0.4 is 4.74 Å². The van der Waals surface area contributed by atoms with Gasteiger partial charge in [-0.25, -0.2) is 9.48 Å². The summed E-state index contributed by atoms with van der Waals surface area (Å²) in [4.78, 5) is 11.3. The van der Waals surface area contributed by atoms with Gasteiger partial charge in [-0.1, -0.05) is 37.1 Å². The quantitative estimate of drug-likeness (QED) is 0.755. The van der Waals surface area contributed by atoms with Gasteiger partial charge in [-0.15, -0.1) is 5.10 Å². The molecule has 1 N–H and O–H groups in total. The normalized spacial score (nSPS) is 10.7. The summed E-state index contributed by atoms with van der Waals surface area (Å²) < 4.78 is 7.48. The maximum Gasteiger partial charge on any atom is 0.358 e. The van der Waals surface area contributed by atoms with Crippen LogP contribution in [-0.2, 0) is 13.2 Å². The molecule has 0 saturated heterocycles. The standard InChI is InChI=1S/C17H23N3O3/c1-4-5-6-10-20-14(16(17(21)22)18-19-20)11-23-15-9-7-8-12(2)13(15)3/h7-9H,4-6,10-11H2,1-3H3,(H,21,22). The molecule has 0 fully saturated rings. The third kappa shape index (κ3) is 4.09. The van der Waals surface area contributed by atoms with Crippen molar-refractivity contribution in [2.75, 3.05) is 0 Å². The first-order chi connectivity index (χ1) is 11.0. The second-order valence-electron chi connectivity index (χ2n) is 5.61. The van der Waals surface area contributed by atoms with Crippen molar-refractivity contribution in [1.82, 2.24) is 15.0 Å². The smallest absolute Gasteiger partial charge is 0.358 e. The van der Waals surface area contributed by atoms with Gasteiger partial charge in [-0.05, 0) is 37.5 Å². The molecule has 1 aromatic heterocycles. The van der Waals surface area contributed by atoms with Crippen molar-refractivity contribution < 1.29 is 14.6 Å². The number of aryl methyl sites for hydroxylation is 2. The van der Waals surface area contributed by atoms with Gasteiger partial charge in [0.05, 0.1) is 0 Å². The predicted molar refractivity (Wildman–Crippen MR) is 86.8 cm³/mol. The van der Waals surface area contributed by atoms with E-state index >= 15 is 0 Å². The van der Waals surface area contributed by atoms with E-state index < -0.39 is 5.97 Å². The van der Waals surface area contributed by atoms with Gasteiger partial charge in [0.15, 0.2) is 5.69 Å². The number of carbonyl (C=O) groups is 1. The Morgan fingerprint density at radius 3 is 2.78 bits per heavy atom. The number of aromatic nitrogens is 3. The van der Waals surface area contributed by atoms with Gasteiger partial charge in [-0.2, -0.15) is 0 Å². The molecule has 0 amide bonds. The molecule has 1 heterocycles. The Labute approximate surface area is 136 Å². The molecule has 23 heavy (non-hydrogen) atoms. The van der Waals surface area contributed by atoms with Crippen LogP contribution in [0, 0.1) is 13.8 Å². The number of hydrogen-bond acceptors (Lipinski definition) is 4. The zero-order valence-corrected chi connectivity index (χ0v) is 13.9. The maximum absolute atomic E-state index is 11.3. The summed E-state index contributed by atoms with van der Waals surface area (Å²) in [7, 11) is 0. The molecule has 0 radical (unpaired) electrons. The number of rotatable bonds is 8. The minimum Gasteiger partial charge on any atom is -0.487 e.